The van der Waals surface area contributed by atoms with Crippen molar-refractivity contribution in [2.45, 2.75) is 20.3 Å². The highest BCUT2D eigenvalue weighted by atomic mass is 16.5. The first-order valence-corrected chi connectivity index (χ1v) is 7.06. The fraction of sp³-hybridized carbons (Fsp3) is 0.400. The van der Waals surface area contributed by atoms with Crippen LogP contribution in [0.3, 0.4) is 0 Å². The largest absolute Gasteiger partial charge is 0.481 e. The molecule has 1 amide bonds. The minimum absolute atomic E-state index is 0.00661. The highest BCUT2D eigenvalue weighted by Gasteiger charge is 2.22. The molecule has 0 aliphatic carbocycles. The van der Waals surface area contributed by atoms with Crippen LogP contribution in [0.1, 0.15) is 30.6 Å². The van der Waals surface area contributed by atoms with Crippen LogP contribution in [0, 0.1) is 5.92 Å². The maximum Gasteiger partial charge on any atom is 0.259 e. The van der Waals surface area contributed by atoms with Gasteiger partial charge >= 0.3 is 0 Å². The van der Waals surface area contributed by atoms with E-state index in [2.05, 4.69) is 29.3 Å². The van der Waals surface area contributed by atoms with Gasteiger partial charge in [0.25, 0.3) is 5.91 Å². The maximum absolute atomic E-state index is 12.3. The second-order valence-electron chi connectivity index (χ2n) is 5.30. The van der Waals surface area contributed by atoms with E-state index in [4.69, 9.17) is 15.0 Å². The zero-order valence-electron chi connectivity index (χ0n) is 12.9. The number of nitrogens with two attached hydrogens (primary N) is 1. The minimum atomic E-state index is -0.301. The van der Waals surface area contributed by atoms with Crippen molar-refractivity contribution < 1.29 is 14.1 Å². The molecule has 0 spiro atoms. The molecule has 0 saturated carbocycles. The molecular formula is C15H20N4O3. The average molecular weight is 304 g/mol. The molecule has 0 radical (unpaired) electrons. The standard InChI is InChI=1S/C15H20N4O3/c1-9(2)6-7-17-15(20)12-13(19-22-14(12)16)10-4-5-11(21-3)18-8-10/h4-5,8-9H,6-7,16H2,1-3H3,(H,17,20). The summed E-state index contributed by atoms with van der Waals surface area (Å²) in [6, 6.07) is 3.43. The molecule has 0 bridgehead atoms. The Kier molecular flexibility index (Phi) is 4.98. The molecule has 2 aromatic rings. The van der Waals surface area contributed by atoms with Crippen LogP contribution in [0.25, 0.3) is 11.3 Å². The van der Waals surface area contributed by atoms with Gasteiger partial charge in [-0.3, -0.25) is 4.79 Å². The van der Waals surface area contributed by atoms with Crippen molar-refractivity contribution in [3.05, 3.63) is 23.9 Å². The molecule has 22 heavy (non-hydrogen) atoms. The van der Waals surface area contributed by atoms with Gasteiger partial charge in [-0.1, -0.05) is 19.0 Å². The van der Waals surface area contributed by atoms with Crippen LogP contribution in [0.5, 0.6) is 5.88 Å². The zero-order valence-corrected chi connectivity index (χ0v) is 12.9. The van der Waals surface area contributed by atoms with Crippen molar-refractivity contribution in [2.75, 3.05) is 19.4 Å². The predicted octanol–water partition coefficient (Wildman–Crippen LogP) is 2.10. The van der Waals surface area contributed by atoms with Gasteiger partial charge in [0.1, 0.15) is 11.3 Å². The summed E-state index contributed by atoms with van der Waals surface area (Å²) in [5.41, 5.74) is 6.97. The highest BCUT2D eigenvalue weighted by Crippen LogP contribution is 2.27. The third kappa shape index (κ3) is 3.55. The molecule has 0 aliphatic rings. The first-order chi connectivity index (χ1) is 10.5. The van der Waals surface area contributed by atoms with E-state index < -0.39 is 0 Å². The topological polar surface area (TPSA) is 103 Å². The van der Waals surface area contributed by atoms with E-state index in [0.717, 1.165) is 6.42 Å². The van der Waals surface area contributed by atoms with Crippen LogP contribution in [0.15, 0.2) is 22.9 Å². The van der Waals surface area contributed by atoms with Gasteiger partial charge in [-0.25, -0.2) is 4.98 Å². The Hall–Kier alpha value is -2.57. The normalized spacial score (nSPS) is 10.7. The smallest absolute Gasteiger partial charge is 0.259 e. The lowest BCUT2D eigenvalue weighted by atomic mass is 10.1. The van der Waals surface area contributed by atoms with E-state index in [0.29, 0.717) is 29.6 Å². The zero-order chi connectivity index (χ0) is 16.1. The number of nitrogens with zero attached hydrogens (tertiary/aromatic N) is 2. The number of pyridine rings is 1. The van der Waals surface area contributed by atoms with E-state index in [1.165, 1.54) is 7.11 Å². The SMILES string of the molecule is COc1ccc(-c2noc(N)c2C(=O)NCCC(C)C)cn1. The summed E-state index contributed by atoms with van der Waals surface area (Å²) in [5.74, 6) is 0.673. The van der Waals surface area contributed by atoms with Gasteiger partial charge in [0.15, 0.2) is 0 Å². The summed E-state index contributed by atoms with van der Waals surface area (Å²) < 4.78 is 9.97. The summed E-state index contributed by atoms with van der Waals surface area (Å²) in [6.45, 7) is 4.75. The van der Waals surface area contributed by atoms with Crippen molar-refractivity contribution in [2.24, 2.45) is 5.92 Å². The monoisotopic (exact) mass is 304 g/mol. The Bertz CT molecular complexity index is 635. The van der Waals surface area contributed by atoms with E-state index in [1.807, 2.05) is 0 Å². The Morgan fingerprint density at radius 2 is 2.23 bits per heavy atom. The number of carbonyl (C=O) groups is 1. The summed E-state index contributed by atoms with van der Waals surface area (Å²) >= 11 is 0. The number of anilines is 1. The Morgan fingerprint density at radius 1 is 1.45 bits per heavy atom. The maximum atomic E-state index is 12.3. The van der Waals surface area contributed by atoms with Gasteiger partial charge in [0, 0.05) is 24.4 Å². The van der Waals surface area contributed by atoms with Gasteiger partial charge in [-0.15, -0.1) is 0 Å². The number of nitrogens with one attached hydrogen (secondary N) is 1. The molecule has 2 rings (SSSR count). The molecule has 2 aromatic heterocycles. The number of rotatable bonds is 6. The number of amides is 1. The summed E-state index contributed by atoms with van der Waals surface area (Å²) in [4.78, 5) is 16.4. The fourth-order valence-electron chi connectivity index (χ4n) is 1.92. The van der Waals surface area contributed by atoms with E-state index in [9.17, 15) is 4.79 Å². The molecule has 7 heteroatoms. The molecule has 0 saturated heterocycles. The molecule has 0 unspecified atom stereocenters. The van der Waals surface area contributed by atoms with Crippen molar-refractivity contribution in [1.82, 2.24) is 15.5 Å². The van der Waals surface area contributed by atoms with Crippen molar-refractivity contribution in [3.8, 4) is 17.1 Å². The molecule has 2 heterocycles. The number of nitrogen functional groups attached to an aromatic ring is 1. The van der Waals surface area contributed by atoms with Gasteiger partial charge in [-0.2, -0.15) is 0 Å². The number of hydrogen-bond acceptors (Lipinski definition) is 6. The van der Waals surface area contributed by atoms with Crippen LogP contribution in [0.4, 0.5) is 5.88 Å². The lowest BCUT2D eigenvalue weighted by Crippen LogP contribution is -2.26. The Morgan fingerprint density at radius 3 is 2.82 bits per heavy atom. The van der Waals surface area contributed by atoms with Crippen LogP contribution < -0.4 is 15.8 Å². The fourth-order valence-corrected chi connectivity index (χ4v) is 1.92. The number of carbonyl (C=O) groups excluding carboxylic acids is 1. The van der Waals surface area contributed by atoms with Crippen molar-refractivity contribution in [1.29, 1.82) is 0 Å². The van der Waals surface area contributed by atoms with Gasteiger partial charge in [0.05, 0.1) is 7.11 Å². The minimum Gasteiger partial charge on any atom is -0.481 e. The van der Waals surface area contributed by atoms with E-state index in [1.54, 1.807) is 18.3 Å². The second-order valence-corrected chi connectivity index (χ2v) is 5.30. The van der Waals surface area contributed by atoms with Crippen LogP contribution in [-0.2, 0) is 0 Å². The first kappa shape index (κ1) is 15.8. The Labute approximate surface area is 128 Å². The molecule has 0 aliphatic heterocycles. The summed E-state index contributed by atoms with van der Waals surface area (Å²) in [6.07, 6.45) is 2.44. The first-order valence-electron chi connectivity index (χ1n) is 7.06. The Balaban J connectivity index is 2.21. The van der Waals surface area contributed by atoms with E-state index in [-0.39, 0.29) is 17.4 Å². The van der Waals surface area contributed by atoms with Crippen LogP contribution in [0.2, 0.25) is 0 Å². The number of ether oxygens (including phenoxy) is 1. The van der Waals surface area contributed by atoms with E-state index >= 15 is 0 Å². The lowest BCUT2D eigenvalue weighted by molar-refractivity contribution is 0.0953. The molecule has 3 N–H and O–H groups in total. The molecule has 0 atom stereocenters. The molecule has 0 fully saturated rings. The highest BCUT2D eigenvalue weighted by molar-refractivity contribution is 6.03. The number of aromatic nitrogens is 2. The molecule has 0 aromatic carbocycles. The number of hydrogen-bond donors (Lipinski definition) is 2. The van der Waals surface area contributed by atoms with Crippen LogP contribution >= 0.6 is 0 Å². The van der Waals surface area contributed by atoms with Gasteiger partial charge in [0.2, 0.25) is 11.8 Å². The van der Waals surface area contributed by atoms with Crippen molar-refractivity contribution >= 4 is 11.8 Å². The van der Waals surface area contributed by atoms with Gasteiger partial charge in [-0.05, 0) is 18.4 Å². The molecule has 118 valence electrons. The lowest BCUT2D eigenvalue weighted by Gasteiger charge is -2.07. The quantitative estimate of drug-likeness (QED) is 0.847. The second kappa shape index (κ2) is 6.93. The molecular weight excluding hydrogens is 284 g/mol. The average Bonchev–Trinajstić information content (AvgIpc) is 2.88. The summed E-state index contributed by atoms with van der Waals surface area (Å²) in [5, 5.41) is 6.69. The predicted molar refractivity (Wildman–Crippen MR) is 82.5 cm³/mol. The van der Waals surface area contributed by atoms with Crippen molar-refractivity contribution in [3.63, 3.8) is 0 Å². The third-order valence-corrected chi connectivity index (χ3v) is 3.17. The number of methoxy groups -OCH3 is 1. The third-order valence-electron chi connectivity index (χ3n) is 3.17. The molecule has 7 nitrogen and oxygen atoms in total. The van der Waals surface area contributed by atoms with Crippen LogP contribution in [-0.4, -0.2) is 29.7 Å². The summed E-state index contributed by atoms with van der Waals surface area (Å²) in [7, 11) is 1.53. The van der Waals surface area contributed by atoms with Gasteiger partial charge < -0.3 is 20.3 Å².